The number of rotatable bonds is 12. The number of hydrogen-bond acceptors (Lipinski definition) is 8. The lowest BCUT2D eigenvalue weighted by Gasteiger charge is -2.28. The summed E-state index contributed by atoms with van der Waals surface area (Å²) in [6.07, 6.45) is 5.92. The van der Waals surface area contributed by atoms with Gasteiger partial charge in [-0.2, -0.15) is 10.2 Å². The summed E-state index contributed by atoms with van der Waals surface area (Å²) in [5.74, 6) is -1.53. The van der Waals surface area contributed by atoms with Gasteiger partial charge >= 0.3 is 5.97 Å². The Bertz CT molecular complexity index is 1030. The zero-order chi connectivity index (χ0) is 23.9. The average Bonchev–Trinajstić information content (AvgIpc) is 3.46. The first-order valence-electron chi connectivity index (χ1n) is 10.5. The van der Waals surface area contributed by atoms with Crippen LogP contribution < -0.4 is 20.8 Å². The second-order valence-electron chi connectivity index (χ2n) is 7.84. The van der Waals surface area contributed by atoms with Gasteiger partial charge < -0.3 is 20.7 Å². The smallest absolute Gasteiger partial charge is 0.345 e. The fourth-order valence-electron chi connectivity index (χ4n) is 3.32. The highest BCUT2D eigenvalue weighted by atomic mass is 32.2. The second-order valence-corrected chi connectivity index (χ2v) is 9.53. The zero-order valence-electron chi connectivity index (χ0n) is 18.1. The number of amides is 1. The van der Waals surface area contributed by atoms with Gasteiger partial charge in [0, 0.05) is 25.4 Å². The minimum absolute atomic E-state index is 0.115. The molecule has 0 saturated carbocycles. The Morgan fingerprint density at radius 3 is 2.70 bits per heavy atom. The highest BCUT2D eigenvalue weighted by Crippen LogP contribution is 2.18. The topological polar surface area (TPSA) is 175 Å². The van der Waals surface area contributed by atoms with Crippen LogP contribution in [0.5, 0.6) is 0 Å². The second kappa shape index (κ2) is 10.7. The van der Waals surface area contributed by atoms with Crippen molar-refractivity contribution in [3.8, 4) is 0 Å². The SMILES string of the molecule is CC(NC(=O)C1CC(CCCCNc2ncc[nH]2)ON1)(NS(=O)(=O)c1ccccc1)C(=O)O. The van der Waals surface area contributed by atoms with Crippen LogP contribution in [0.3, 0.4) is 0 Å². The van der Waals surface area contributed by atoms with Crippen molar-refractivity contribution in [2.75, 3.05) is 11.9 Å². The molecule has 180 valence electrons. The molecule has 1 aromatic heterocycles. The van der Waals surface area contributed by atoms with Gasteiger partial charge in [-0.25, -0.2) is 18.2 Å². The monoisotopic (exact) mass is 480 g/mol. The largest absolute Gasteiger partial charge is 0.478 e. The maximum atomic E-state index is 12.7. The molecular weight excluding hydrogens is 452 g/mol. The van der Waals surface area contributed by atoms with Crippen molar-refractivity contribution in [3.05, 3.63) is 42.7 Å². The number of nitrogens with zero attached hydrogens (tertiary/aromatic N) is 1. The number of aromatic nitrogens is 2. The lowest BCUT2D eigenvalue weighted by molar-refractivity contribution is -0.148. The van der Waals surface area contributed by atoms with Gasteiger partial charge in [0.05, 0.1) is 11.0 Å². The number of aromatic amines is 1. The lowest BCUT2D eigenvalue weighted by atomic mass is 10.0. The van der Waals surface area contributed by atoms with E-state index in [0.29, 0.717) is 18.8 Å². The molecular formula is C20H28N6O6S. The first-order valence-corrected chi connectivity index (χ1v) is 12.0. The molecule has 1 aliphatic rings. The van der Waals surface area contributed by atoms with Crippen LogP contribution in [0.25, 0.3) is 0 Å². The standard InChI is InChI=1S/C20H28N6O6S/c1-20(18(28)29,26-33(30,31)15-8-3-2-4-9-15)24-17(27)16-13-14(32-25-16)7-5-6-10-21-19-22-11-12-23-19/h2-4,8-9,11-12,14,16,25-26H,5-7,10,13H2,1H3,(H,24,27)(H,28,29)(H2,21,22,23). The van der Waals surface area contributed by atoms with E-state index >= 15 is 0 Å². The summed E-state index contributed by atoms with van der Waals surface area (Å²) in [5, 5.41) is 15.0. The summed E-state index contributed by atoms with van der Waals surface area (Å²) in [4.78, 5) is 36.9. The van der Waals surface area contributed by atoms with Crippen LogP contribution in [-0.2, 0) is 24.4 Å². The molecule has 1 aliphatic heterocycles. The molecule has 3 atom stereocenters. The van der Waals surface area contributed by atoms with Crippen molar-refractivity contribution in [2.24, 2.45) is 0 Å². The van der Waals surface area contributed by atoms with Crippen molar-refractivity contribution >= 4 is 27.8 Å². The number of benzene rings is 1. The Morgan fingerprint density at radius 1 is 1.27 bits per heavy atom. The number of hydroxylamine groups is 1. The molecule has 1 amide bonds. The molecule has 33 heavy (non-hydrogen) atoms. The van der Waals surface area contributed by atoms with Crippen LogP contribution in [0.15, 0.2) is 47.6 Å². The van der Waals surface area contributed by atoms with E-state index in [1.165, 1.54) is 24.3 Å². The third-order valence-electron chi connectivity index (χ3n) is 5.13. The minimum atomic E-state index is -4.19. The maximum absolute atomic E-state index is 12.7. The first kappa shape index (κ1) is 24.6. The maximum Gasteiger partial charge on any atom is 0.345 e. The molecule has 1 saturated heterocycles. The molecule has 0 aliphatic carbocycles. The van der Waals surface area contributed by atoms with Crippen LogP contribution in [0.4, 0.5) is 5.95 Å². The van der Waals surface area contributed by atoms with E-state index in [0.717, 1.165) is 26.3 Å². The number of imidazole rings is 1. The third-order valence-corrected chi connectivity index (χ3v) is 6.70. The van der Waals surface area contributed by atoms with Gasteiger partial charge in [0.25, 0.3) is 0 Å². The molecule has 0 spiro atoms. The number of sulfonamides is 1. The van der Waals surface area contributed by atoms with Crippen molar-refractivity contribution in [3.63, 3.8) is 0 Å². The molecule has 2 aromatic rings. The summed E-state index contributed by atoms with van der Waals surface area (Å²) >= 11 is 0. The summed E-state index contributed by atoms with van der Waals surface area (Å²) in [7, 11) is -4.19. The highest BCUT2D eigenvalue weighted by Gasteiger charge is 2.42. The summed E-state index contributed by atoms with van der Waals surface area (Å²) in [6.45, 7) is 1.81. The Balaban J connectivity index is 1.48. The highest BCUT2D eigenvalue weighted by molar-refractivity contribution is 7.89. The third kappa shape index (κ3) is 6.74. The molecule has 3 rings (SSSR count). The van der Waals surface area contributed by atoms with Gasteiger partial charge in [0.2, 0.25) is 21.6 Å². The summed E-state index contributed by atoms with van der Waals surface area (Å²) in [5.41, 5.74) is 0.366. The molecule has 12 nitrogen and oxygen atoms in total. The van der Waals surface area contributed by atoms with Gasteiger partial charge in [0.1, 0.15) is 6.04 Å². The van der Waals surface area contributed by atoms with Crippen LogP contribution in [0.2, 0.25) is 0 Å². The molecule has 1 fully saturated rings. The van der Waals surface area contributed by atoms with E-state index in [1.54, 1.807) is 18.5 Å². The molecule has 13 heteroatoms. The van der Waals surface area contributed by atoms with Crippen molar-refractivity contribution in [1.82, 2.24) is 25.5 Å². The Hall–Kier alpha value is -3.00. The van der Waals surface area contributed by atoms with Gasteiger partial charge in [-0.15, -0.1) is 0 Å². The number of anilines is 1. The predicted molar refractivity (Wildman–Crippen MR) is 118 cm³/mol. The molecule has 2 heterocycles. The molecule has 3 unspecified atom stereocenters. The van der Waals surface area contributed by atoms with E-state index in [-0.39, 0.29) is 11.0 Å². The van der Waals surface area contributed by atoms with E-state index < -0.39 is 33.6 Å². The number of nitrogens with one attached hydrogen (secondary N) is 5. The van der Waals surface area contributed by atoms with Gasteiger partial charge in [-0.05, 0) is 38.3 Å². The molecule has 1 aromatic carbocycles. The van der Waals surface area contributed by atoms with Crippen LogP contribution in [-0.4, -0.2) is 59.7 Å². The van der Waals surface area contributed by atoms with Crippen molar-refractivity contribution in [2.45, 2.75) is 55.3 Å². The fraction of sp³-hybridized carbons (Fsp3) is 0.450. The number of aliphatic carboxylic acids is 1. The van der Waals surface area contributed by atoms with E-state index in [1.807, 2.05) is 0 Å². The van der Waals surface area contributed by atoms with Crippen LogP contribution in [0, 0.1) is 0 Å². The van der Waals surface area contributed by atoms with Crippen molar-refractivity contribution < 1.29 is 28.0 Å². The van der Waals surface area contributed by atoms with Gasteiger partial charge in [-0.1, -0.05) is 18.2 Å². The Labute approximate surface area is 191 Å². The molecule has 0 radical (unpaired) electrons. The van der Waals surface area contributed by atoms with Crippen molar-refractivity contribution in [1.29, 1.82) is 0 Å². The average molecular weight is 481 g/mol. The van der Waals surface area contributed by atoms with Gasteiger partial charge in [0.15, 0.2) is 5.95 Å². The first-order chi connectivity index (χ1) is 15.7. The molecule has 6 N–H and O–H groups in total. The van der Waals surface area contributed by atoms with E-state index in [4.69, 9.17) is 4.84 Å². The van der Waals surface area contributed by atoms with Crippen LogP contribution >= 0.6 is 0 Å². The van der Waals surface area contributed by atoms with E-state index in [2.05, 4.69) is 30.8 Å². The lowest BCUT2D eigenvalue weighted by Crippen LogP contribution is -2.65. The minimum Gasteiger partial charge on any atom is -0.478 e. The van der Waals surface area contributed by atoms with E-state index in [9.17, 15) is 23.1 Å². The number of carbonyl (C=O) groups excluding carboxylic acids is 1. The summed E-state index contributed by atoms with van der Waals surface area (Å²) in [6, 6.07) is 6.50. The Kier molecular flexibility index (Phi) is 8.02. The number of unbranched alkanes of at least 4 members (excludes halogenated alkanes) is 1. The number of carboxylic acids is 1. The fourth-order valence-corrected chi connectivity index (χ4v) is 4.63. The number of carbonyl (C=O) groups is 2. The quantitative estimate of drug-likeness (QED) is 0.187. The summed E-state index contributed by atoms with van der Waals surface area (Å²) < 4.78 is 27.2. The van der Waals surface area contributed by atoms with Crippen LogP contribution in [0.1, 0.15) is 32.6 Å². The predicted octanol–water partition coefficient (Wildman–Crippen LogP) is 0.550. The normalized spacial score (nSPS) is 20.2. The number of H-pyrrole nitrogens is 1. The van der Waals surface area contributed by atoms with Gasteiger partial charge in [-0.3, -0.25) is 9.63 Å². The number of hydrogen-bond donors (Lipinski definition) is 6. The zero-order valence-corrected chi connectivity index (χ0v) is 18.9. The Morgan fingerprint density at radius 2 is 2.03 bits per heavy atom. The molecule has 0 bridgehead atoms. The number of carboxylic acid groups (broad SMARTS) is 1.